The summed E-state index contributed by atoms with van der Waals surface area (Å²) in [4.78, 5) is 11.2. The van der Waals surface area contributed by atoms with Crippen molar-refractivity contribution in [3.05, 3.63) is 91.9 Å². The van der Waals surface area contributed by atoms with Gasteiger partial charge in [-0.2, -0.15) is 5.10 Å². The molecular weight excluding hydrogens is 479 g/mol. The highest BCUT2D eigenvalue weighted by Crippen LogP contribution is 2.25. The molecule has 0 aliphatic rings. The molecule has 0 heterocycles. The fourth-order valence-corrected chi connectivity index (χ4v) is 3.23. The summed E-state index contributed by atoms with van der Waals surface area (Å²) in [6, 6.07) is 17.6. The molecule has 0 aliphatic heterocycles. The molecule has 0 fully saturated rings. The van der Waals surface area contributed by atoms with Gasteiger partial charge in [-0.25, -0.2) is 4.79 Å². The summed E-state index contributed by atoms with van der Waals surface area (Å²) in [5, 5.41) is 14.1. The number of nitrogens with zero attached hydrogens (tertiary/aromatic N) is 1. The average molecular weight is 494 g/mol. The number of hydrogen-bond donors (Lipinski definition) is 2. The third-order valence-corrected chi connectivity index (χ3v) is 5.10. The van der Waals surface area contributed by atoms with Crippen molar-refractivity contribution in [1.29, 1.82) is 0 Å². The molecular formula is C21H15BrCl2N2O3. The first-order valence-corrected chi connectivity index (χ1v) is 9.96. The number of carboxylic acids is 1. The third kappa shape index (κ3) is 5.73. The first kappa shape index (κ1) is 21.2. The van der Waals surface area contributed by atoms with E-state index in [1.54, 1.807) is 12.3 Å². The topological polar surface area (TPSA) is 70.9 Å². The van der Waals surface area contributed by atoms with E-state index in [1.165, 1.54) is 12.1 Å². The number of ether oxygens (including phenoxy) is 1. The van der Waals surface area contributed by atoms with Crippen molar-refractivity contribution >= 4 is 57.0 Å². The largest absolute Gasteiger partial charge is 0.488 e. The number of anilines is 1. The lowest BCUT2D eigenvalue weighted by Crippen LogP contribution is -2.01. The molecule has 8 heteroatoms. The van der Waals surface area contributed by atoms with E-state index in [2.05, 4.69) is 26.5 Å². The van der Waals surface area contributed by atoms with Gasteiger partial charge in [0.05, 0.1) is 22.5 Å². The number of carboxylic acid groups (broad SMARTS) is 1. The lowest BCUT2D eigenvalue weighted by atomic mass is 10.2. The first-order valence-electron chi connectivity index (χ1n) is 8.41. The van der Waals surface area contributed by atoms with Crippen LogP contribution in [0.1, 0.15) is 21.5 Å². The van der Waals surface area contributed by atoms with Crippen LogP contribution < -0.4 is 10.2 Å². The van der Waals surface area contributed by atoms with Crippen LogP contribution in [0.2, 0.25) is 10.0 Å². The molecule has 3 rings (SSSR count). The van der Waals surface area contributed by atoms with E-state index < -0.39 is 5.97 Å². The molecule has 5 nitrogen and oxygen atoms in total. The van der Waals surface area contributed by atoms with Gasteiger partial charge in [0.25, 0.3) is 0 Å². The fourth-order valence-electron chi connectivity index (χ4n) is 2.46. The van der Waals surface area contributed by atoms with Crippen LogP contribution in [0.15, 0.2) is 70.2 Å². The van der Waals surface area contributed by atoms with Crippen molar-refractivity contribution in [3.63, 3.8) is 0 Å². The lowest BCUT2D eigenvalue weighted by Gasteiger charge is -2.11. The van der Waals surface area contributed by atoms with Gasteiger partial charge in [0.15, 0.2) is 0 Å². The zero-order chi connectivity index (χ0) is 20.8. The molecule has 2 N–H and O–H groups in total. The second kappa shape index (κ2) is 9.78. The van der Waals surface area contributed by atoms with Crippen molar-refractivity contribution in [1.82, 2.24) is 0 Å². The van der Waals surface area contributed by atoms with Crippen LogP contribution in [0.4, 0.5) is 5.69 Å². The van der Waals surface area contributed by atoms with Crippen LogP contribution in [-0.4, -0.2) is 17.3 Å². The summed E-state index contributed by atoms with van der Waals surface area (Å²) in [5.41, 5.74) is 4.90. The minimum absolute atomic E-state index is 0.00177. The van der Waals surface area contributed by atoms with Crippen molar-refractivity contribution in [2.24, 2.45) is 5.10 Å². The maximum Gasteiger partial charge on any atom is 0.337 e. The van der Waals surface area contributed by atoms with Gasteiger partial charge in [-0.3, -0.25) is 5.43 Å². The zero-order valence-electron chi connectivity index (χ0n) is 14.9. The van der Waals surface area contributed by atoms with E-state index in [0.29, 0.717) is 23.1 Å². The minimum atomic E-state index is -1.11. The van der Waals surface area contributed by atoms with Crippen LogP contribution in [-0.2, 0) is 6.61 Å². The number of rotatable bonds is 7. The van der Waals surface area contributed by atoms with E-state index in [1.807, 2.05) is 42.5 Å². The number of hydrogen-bond acceptors (Lipinski definition) is 4. The molecule has 0 bridgehead atoms. The maximum atomic E-state index is 11.2. The van der Waals surface area contributed by atoms with Crippen LogP contribution in [0.3, 0.4) is 0 Å². The van der Waals surface area contributed by atoms with Gasteiger partial charge >= 0.3 is 5.97 Å². The molecule has 0 radical (unpaired) electrons. The molecule has 3 aromatic carbocycles. The molecule has 0 saturated carbocycles. The van der Waals surface area contributed by atoms with Crippen molar-refractivity contribution in [2.75, 3.05) is 5.43 Å². The number of benzene rings is 3. The number of aromatic carboxylic acids is 1. The Bertz CT molecular complexity index is 1070. The van der Waals surface area contributed by atoms with E-state index in [4.69, 9.17) is 33.0 Å². The standard InChI is InChI=1S/C21H15BrCl2N2O3/c22-15-5-8-20(29-12-13-3-1-2-4-18(13)23)14(9-15)11-25-26-16-6-7-19(24)17(10-16)21(27)28/h1-11,26H,12H2,(H,27,28)/b25-11+. The van der Waals surface area contributed by atoms with Crippen LogP contribution >= 0.6 is 39.1 Å². The second-order valence-corrected chi connectivity index (χ2v) is 7.66. The van der Waals surface area contributed by atoms with E-state index in [-0.39, 0.29) is 10.6 Å². The average Bonchev–Trinajstić information content (AvgIpc) is 2.69. The Morgan fingerprint density at radius 1 is 1.10 bits per heavy atom. The molecule has 0 unspecified atom stereocenters. The molecule has 148 valence electrons. The van der Waals surface area contributed by atoms with Crippen LogP contribution in [0.5, 0.6) is 5.75 Å². The van der Waals surface area contributed by atoms with E-state index in [0.717, 1.165) is 15.6 Å². The summed E-state index contributed by atoms with van der Waals surface area (Å²) >= 11 is 15.5. The maximum absolute atomic E-state index is 11.2. The smallest absolute Gasteiger partial charge is 0.337 e. The number of nitrogens with one attached hydrogen (secondary N) is 1. The molecule has 0 atom stereocenters. The van der Waals surface area contributed by atoms with Gasteiger partial charge < -0.3 is 9.84 Å². The van der Waals surface area contributed by atoms with Gasteiger partial charge in [-0.05, 0) is 42.5 Å². The van der Waals surface area contributed by atoms with Crippen molar-refractivity contribution in [2.45, 2.75) is 6.61 Å². The highest BCUT2D eigenvalue weighted by Gasteiger charge is 2.09. The number of hydrazone groups is 1. The monoisotopic (exact) mass is 492 g/mol. The number of halogens is 3. The predicted molar refractivity (Wildman–Crippen MR) is 120 cm³/mol. The minimum Gasteiger partial charge on any atom is -0.488 e. The third-order valence-electron chi connectivity index (χ3n) is 3.91. The summed E-state index contributed by atoms with van der Waals surface area (Å²) in [6.45, 7) is 0.314. The second-order valence-electron chi connectivity index (χ2n) is 5.93. The Balaban J connectivity index is 1.75. The molecule has 0 saturated heterocycles. The predicted octanol–water partition coefficient (Wildman–Crippen LogP) is 6.48. The Labute approximate surface area is 186 Å². The Kier molecular flexibility index (Phi) is 7.14. The Morgan fingerprint density at radius 2 is 1.90 bits per heavy atom. The van der Waals surface area contributed by atoms with Gasteiger partial charge in [0.2, 0.25) is 0 Å². The molecule has 0 aliphatic carbocycles. The van der Waals surface area contributed by atoms with Gasteiger partial charge in [0, 0.05) is 20.6 Å². The van der Waals surface area contributed by atoms with E-state index >= 15 is 0 Å². The zero-order valence-corrected chi connectivity index (χ0v) is 18.0. The normalized spacial score (nSPS) is 10.9. The molecule has 3 aromatic rings. The quantitative estimate of drug-likeness (QED) is 0.292. The van der Waals surface area contributed by atoms with Crippen molar-refractivity contribution < 1.29 is 14.6 Å². The van der Waals surface area contributed by atoms with Gasteiger partial charge in [0.1, 0.15) is 12.4 Å². The summed E-state index contributed by atoms with van der Waals surface area (Å²) in [5.74, 6) is -0.481. The molecule has 29 heavy (non-hydrogen) atoms. The summed E-state index contributed by atoms with van der Waals surface area (Å²) in [6.07, 6.45) is 1.59. The Hall–Kier alpha value is -2.54. The lowest BCUT2D eigenvalue weighted by molar-refractivity contribution is 0.0697. The summed E-state index contributed by atoms with van der Waals surface area (Å²) < 4.78 is 6.77. The van der Waals surface area contributed by atoms with Crippen molar-refractivity contribution in [3.8, 4) is 5.75 Å². The van der Waals surface area contributed by atoms with Gasteiger partial charge in [-0.1, -0.05) is 57.3 Å². The Morgan fingerprint density at radius 3 is 2.66 bits per heavy atom. The highest BCUT2D eigenvalue weighted by atomic mass is 79.9. The molecule has 0 amide bonds. The molecule has 0 aromatic heterocycles. The molecule has 0 spiro atoms. The number of carbonyl (C=O) groups is 1. The van der Waals surface area contributed by atoms with Crippen LogP contribution in [0, 0.1) is 0 Å². The first-order chi connectivity index (χ1) is 13.9. The summed E-state index contributed by atoms with van der Waals surface area (Å²) in [7, 11) is 0. The fraction of sp³-hybridized carbons (Fsp3) is 0.0476. The highest BCUT2D eigenvalue weighted by molar-refractivity contribution is 9.10. The van der Waals surface area contributed by atoms with Crippen LogP contribution in [0.25, 0.3) is 0 Å². The van der Waals surface area contributed by atoms with Gasteiger partial charge in [-0.15, -0.1) is 0 Å². The van der Waals surface area contributed by atoms with E-state index in [9.17, 15) is 4.79 Å². The SMILES string of the molecule is O=C(O)c1cc(N/N=C/c2cc(Br)ccc2OCc2ccccc2Cl)ccc1Cl.